The van der Waals surface area contributed by atoms with Crippen molar-refractivity contribution in [3.05, 3.63) is 12.4 Å². The molecule has 9 heavy (non-hydrogen) atoms. The van der Waals surface area contributed by atoms with E-state index in [1.165, 1.54) is 0 Å². The minimum atomic E-state index is -1.33. The van der Waals surface area contributed by atoms with Gasteiger partial charge >= 0.3 is 6.09 Å². The number of aromatic nitrogens is 3. The average Bonchev–Trinajstić information content (AvgIpc) is 2.11. The summed E-state index contributed by atoms with van der Waals surface area (Å²) in [6.45, 7) is 0. The van der Waals surface area contributed by atoms with E-state index in [1.54, 1.807) is 12.4 Å². The number of aromatic amines is 1. The Morgan fingerprint density at radius 1 is 1.56 bits per heavy atom. The largest absolute Gasteiger partial charge is 0.465 e. The number of H-pyrrole nitrogens is 1. The highest BCUT2D eigenvalue weighted by atomic mass is 16.4. The van der Waals surface area contributed by atoms with Gasteiger partial charge < -0.3 is 10.8 Å². The minimum absolute atomic E-state index is 1.33. The lowest BCUT2D eigenvalue weighted by Crippen LogP contribution is -2.03. The molecule has 1 heterocycles. The van der Waals surface area contributed by atoms with Crippen LogP contribution in [-0.2, 0) is 0 Å². The van der Waals surface area contributed by atoms with E-state index >= 15 is 0 Å². The summed E-state index contributed by atoms with van der Waals surface area (Å²) in [7, 11) is 0. The molecule has 1 amide bonds. The Bertz CT molecular complexity index is 128. The lowest BCUT2D eigenvalue weighted by molar-refractivity contribution is 0.205. The van der Waals surface area contributed by atoms with Gasteiger partial charge in [0.05, 0.1) is 12.4 Å². The van der Waals surface area contributed by atoms with Gasteiger partial charge in [-0.2, -0.15) is 15.4 Å². The highest BCUT2D eigenvalue weighted by molar-refractivity contribution is 5.61. The fourth-order valence-corrected chi connectivity index (χ4v) is 0.167. The minimum Gasteiger partial charge on any atom is -0.465 e. The number of amides is 1. The number of hydrogen-bond acceptors (Lipinski definition) is 3. The third-order valence-electron chi connectivity index (χ3n) is 0.331. The maximum absolute atomic E-state index is 8.78. The van der Waals surface area contributed by atoms with Crippen molar-refractivity contribution in [3.8, 4) is 0 Å². The number of nitrogens with zero attached hydrogens (tertiary/aromatic N) is 2. The molecule has 0 aliphatic rings. The molecule has 0 aliphatic heterocycles. The third kappa shape index (κ3) is 10.7. The van der Waals surface area contributed by atoms with E-state index in [0.717, 1.165) is 0 Å². The second-order valence-electron chi connectivity index (χ2n) is 0.995. The molecule has 0 aliphatic carbocycles. The molecule has 1 rings (SSSR count). The third-order valence-corrected chi connectivity index (χ3v) is 0.331. The van der Waals surface area contributed by atoms with Crippen molar-refractivity contribution in [1.82, 2.24) is 15.4 Å². The number of primary amides is 1. The van der Waals surface area contributed by atoms with Crippen molar-refractivity contribution in [2.24, 2.45) is 5.73 Å². The summed E-state index contributed by atoms with van der Waals surface area (Å²) >= 11 is 0. The summed E-state index contributed by atoms with van der Waals surface area (Å²) < 4.78 is 0. The predicted molar refractivity (Wildman–Crippen MR) is 28.6 cm³/mol. The molecule has 6 heteroatoms. The van der Waals surface area contributed by atoms with Crippen molar-refractivity contribution in [2.75, 3.05) is 0 Å². The zero-order chi connectivity index (χ0) is 7.11. The number of carboxylic acid groups (broad SMARTS) is 1. The van der Waals surface area contributed by atoms with E-state index in [2.05, 4.69) is 21.1 Å². The summed E-state index contributed by atoms with van der Waals surface area (Å²) in [4.78, 5) is 8.78. The van der Waals surface area contributed by atoms with E-state index in [9.17, 15) is 0 Å². The second kappa shape index (κ2) is 4.57. The van der Waals surface area contributed by atoms with Crippen LogP contribution >= 0.6 is 0 Å². The van der Waals surface area contributed by atoms with Crippen molar-refractivity contribution in [1.29, 1.82) is 0 Å². The van der Waals surface area contributed by atoms with E-state index in [0.29, 0.717) is 0 Å². The van der Waals surface area contributed by atoms with Gasteiger partial charge in [-0.1, -0.05) is 0 Å². The molecular formula is C3H6N4O2. The van der Waals surface area contributed by atoms with Crippen LogP contribution in [0, 0.1) is 0 Å². The summed E-state index contributed by atoms with van der Waals surface area (Å²) in [5.74, 6) is 0. The molecule has 1 aromatic heterocycles. The Balaban J connectivity index is 0.000000148. The van der Waals surface area contributed by atoms with Gasteiger partial charge in [-0.05, 0) is 0 Å². The van der Waals surface area contributed by atoms with Crippen molar-refractivity contribution >= 4 is 6.09 Å². The lowest BCUT2D eigenvalue weighted by atomic mass is 11.0. The van der Waals surface area contributed by atoms with Gasteiger partial charge in [0, 0.05) is 0 Å². The fourth-order valence-electron chi connectivity index (χ4n) is 0.167. The molecule has 0 radical (unpaired) electrons. The number of hydrogen-bond donors (Lipinski definition) is 3. The fraction of sp³-hybridized carbons (Fsp3) is 0. The summed E-state index contributed by atoms with van der Waals surface area (Å²) in [5.41, 5.74) is 4.03. The molecule has 0 saturated carbocycles. The molecular weight excluding hydrogens is 124 g/mol. The normalized spacial score (nSPS) is 7.11. The molecule has 0 saturated heterocycles. The molecule has 0 aromatic carbocycles. The van der Waals surface area contributed by atoms with Crippen LogP contribution < -0.4 is 5.73 Å². The highest BCUT2D eigenvalue weighted by Gasteiger charge is 1.65. The standard InChI is InChI=1S/C2H3N3.CH3NO2/c1-2-4-5-3-1;2-1(3)4/h1-2H,(H,3,4,5);2H2,(H,3,4). The molecule has 50 valence electrons. The maximum atomic E-state index is 8.78. The first kappa shape index (κ1) is 7.41. The van der Waals surface area contributed by atoms with Crippen molar-refractivity contribution in [2.45, 2.75) is 0 Å². The molecule has 4 N–H and O–H groups in total. The average molecular weight is 130 g/mol. The molecule has 0 fully saturated rings. The van der Waals surface area contributed by atoms with Crippen LogP contribution in [0.5, 0.6) is 0 Å². The van der Waals surface area contributed by atoms with Gasteiger partial charge in [0.15, 0.2) is 0 Å². The zero-order valence-corrected chi connectivity index (χ0v) is 4.48. The van der Waals surface area contributed by atoms with Crippen LogP contribution in [0.1, 0.15) is 0 Å². The van der Waals surface area contributed by atoms with Gasteiger partial charge in [-0.15, -0.1) is 0 Å². The van der Waals surface area contributed by atoms with E-state index < -0.39 is 6.09 Å². The number of nitrogens with one attached hydrogen (secondary N) is 1. The van der Waals surface area contributed by atoms with Crippen LogP contribution in [0.4, 0.5) is 4.79 Å². The topological polar surface area (TPSA) is 105 Å². The van der Waals surface area contributed by atoms with Gasteiger partial charge in [0.1, 0.15) is 0 Å². The quantitative estimate of drug-likeness (QED) is 0.437. The molecule has 0 bridgehead atoms. The van der Waals surface area contributed by atoms with E-state index in [4.69, 9.17) is 9.90 Å². The molecule has 0 atom stereocenters. The predicted octanol–water partition coefficient (Wildman–Crippen LogP) is -0.572. The lowest BCUT2D eigenvalue weighted by Gasteiger charge is -1.61. The van der Waals surface area contributed by atoms with Crippen LogP contribution in [0.2, 0.25) is 0 Å². The van der Waals surface area contributed by atoms with Crippen LogP contribution in [-0.4, -0.2) is 26.6 Å². The maximum Gasteiger partial charge on any atom is 0.402 e. The smallest absolute Gasteiger partial charge is 0.402 e. The van der Waals surface area contributed by atoms with E-state index in [-0.39, 0.29) is 0 Å². The monoisotopic (exact) mass is 130 g/mol. The van der Waals surface area contributed by atoms with Crippen LogP contribution in [0.25, 0.3) is 0 Å². The molecule has 0 unspecified atom stereocenters. The van der Waals surface area contributed by atoms with Gasteiger partial charge in [-0.25, -0.2) is 4.79 Å². The first-order valence-electron chi connectivity index (χ1n) is 2.01. The van der Waals surface area contributed by atoms with Gasteiger partial charge in [0.2, 0.25) is 0 Å². The Morgan fingerprint density at radius 3 is 2.00 bits per heavy atom. The summed E-state index contributed by atoms with van der Waals surface area (Å²) in [6, 6.07) is 0. The van der Waals surface area contributed by atoms with Crippen molar-refractivity contribution < 1.29 is 9.90 Å². The van der Waals surface area contributed by atoms with Crippen LogP contribution in [0.15, 0.2) is 12.4 Å². The first-order chi connectivity index (χ1) is 4.23. The van der Waals surface area contributed by atoms with Crippen molar-refractivity contribution in [3.63, 3.8) is 0 Å². The Labute approximate surface area is 50.7 Å². The molecule has 0 spiro atoms. The summed E-state index contributed by atoms with van der Waals surface area (Å²) in [5, 5.41) is 16.5. The molecule has 1 aromatic rings. The SMILES string of the molecule is NC(=O)O.c1cn[nH]n1. The number of carbonyl (C=O) groups is 1. The second-order valence-corrected chi connectivity index (χ2v) is 0.995. The van der Waals surface area contributed by atoms with E-state index in [1.807, 2.05) is 0 Å². The summed E-state index contributed by atoms with van der Waals surface area (Å²) in [6.07, 6.45) is 1.83. The molecule has 6 nitrogen and oxygen atoms in total. The Hall–Kier alpha value is -1.59. The Morgan fingerprint density at radius 2 is 1.89 bits per heavy atom. The Kier molecular flexibility index (Phi) is 3.76. The highest BCUT2D eigenvalue weighted by Crippen LogP contribution is 1.55. The number of nitrogens with two attached hydrogens (primary N) is 1. The van der Waals surface area contributed by atoms with Gasteiger partial charge in [0.25, 0.3) is 0 Å². The van der Waals surface area contributed by atoms with Crippen LogP contribution in [0.3, 0.4) is 0 Å². The van der Waals surface area contributed by atoms with Gasteiger partial charge in [-0.3, -0.25) is 0 Å². The first-order valence-corrected chi connectivity index (χ1v) is 2.01. The zero-order valence-electron chi connectivity index (χ0n) is 4.48. The number of rotatable bonds is 0.